The average molecular weight is 421 g/mol. The Balaban J connectivity index is 1.39. The number of hydrogen-bond acceptors (Lipinski definition) is 5. The normalized spacial score (nSPS) is 11.8. The van der Waals surface area contributed by atoms with Crippen molar-refractivity contribution < 1.29 is 4.79 Å². The van der Waals surface area contributed by atoms with Crippen LogP contribution in [-0.4, -0.2) is 41.9 Å². The Morgan fingerprint density at radius 2 is 2.17 bits per heavy atom. The maximum Gasteiger partial charge on any atom is 0.269 e. The summed E-state index contributed by atoms with van der Waals surface area (Å²) in [6.45, 7) is 2.37. The molecular weight excluding hydrogens is 404 g/mol. The highest BCUT2D eigenvalue weighted by atomic mass is 35.5. The first-order chi connectivity index (χ1) is 14.5. The largest absolute Gasteiger partial charge is 0.351 e. The van der Waals surface area contributed by atoms with E-state index in [1.165, 1.54) is 0 Å². The summed E-state index contributed by atoms with van der Waals surface area (Å²) in [6.07, 6.45) is 5.09. The number of aromatic amines is 2. The molecule has 4 rings (SSSR count). The van der Waals surface area contributed by atoms with Crippen LogP contribution in [-0.2, 0) is 6.54 Å². The van der Waals surface area contributed by atoms with Crippen molar-refractivity contribution in [2.75, 3.05) is 0 Å². The second-order valence-electron chi connectivity index (χ2n) is 6.73. The first-order valence-corrected chi connectivity index (χ1v) is 9.50. The van der Waals surface area contributed by atoms with Crippen molar-refractivity contribution in [1.29, 1.82) is 5.26 Å². The summed E-state index contributed by atoms with van der Waals surface area (Å²) in [5.41, 5.74) is 3.57. The Morgan fingerprint density at radius 1 is 1.30 bits per heavy atom. The van der Waals surface area contributed by atoms with Crippen molar-refractivity contribution >= 4 is 17.5 Å². The Bertz CT molecular complexity index is 1220. The number of H-pyrrole nitrogens is 2. The summed E-state index contributed by atoms with van der Waals surface area (Å²) in [5, 5.41) is 23.7. The van der Waals surface area contributed by atoms with Gasteiger partial charge < -0.3 is 10.3 Å². The Labute approximate surface area is 176 Å². The molecule has 0 radical (unpaired) electrons. The van der Waals surface area contributed by atoms with Crippen LogP contribution in [0.3, 0.4) is 0 Å². The summed E-state index contributed by atoms with van der Waals surface area (Å²) >= 11 is 6.10. The lowest BCUT2D eigenvalue weighted by molar-refractivity contribution is 0.0931. The molecule has 0 bridgehead atoms. The van der Waals surface area contributed by atoms with E-state index in [9.17, 15) is 4.79 Å². The van der Waals surface area contributed by atoms with E-state index in [4.69, 9.17) is 16.9 Å². The van der Waals surface area contributed by atoms with Crippen LogP contribution in [0.2, 0.25) is 5.02 Å². The number of nitriles is 1. The predicted octanol–water partition coefficient (Wildman–Crippen LogP) is 3.01. The molecular formula is C20H17ClN8O. The lowest BCUT2D eigenvalue weighted by Gasteiger charge is -2.13. The average Bonchev–Trinajstić information content (AvgIpc) is 3.48. The number of carbonyl (C=O) groups excluding carboxylic acids is 1. The van der Waals surface area contributed by atoms with Crippen molar-refractivity contribution in [1.82, 2.24) is 35.3 Å². The number of imidazole rings is 1. The molecule has 30 heavy (non-hydrogen) atoms. The highest BCUT2D eigenvalue weighted by Gasteiger charge is 2.15. The molecule has 0 aliphatic carbocycles. The third kappa shape index (κ3) is 4.09. The van der Waals surface area contributed by atoms with Crippen LogP contribution in [0.5, 0.6) is 0 Å². The molecule has 3 aromatic heterocycles. The summed E-state index contributed by atoms with van der Waals surface area (Å²) in [4.78, 5) is 19.4. The van der Waals surface area contributed by atoms with E-state index in [1.54, 1.807) is 41.5 Å². The smallest absolute Gasteiger partial charge is 0.269 e. The minimum Gasteiger partial charge on any atom is -0.351 e. The molecule has 0 saturated heterocycles. The van der Waals surface area contributed by atoms with Gasteiger partial charge in [-0.2, -0.15) is 15.5 Å². The van der Waals surface area contributed by atoms with Gasteiger partial charge in [-0.3, -0.25) is 14.6 Å². The van der Waals surface area contributed by atoms with Crippen LogP contribution in [0, 0.1) is 11.3 Å². The van der Waals surface area contributed by atoms with Gasteiger partial charge in [0, 0.05) is 24.0 Å². The van der Waals surface area contributed by atoms with E-state index in [-0.39, 0.29) is 11.9 Å². The number of halogens is 1. The second-order valence-corrected chi connectivity index (χ2v) is 7.13. The Kier molecular flexibility index (Phi) is 5.32. The Morgan fingerprint density at radius 3 is 2.90 bits per heavy atom. The zero-order valence-electron chi connectivity index (χ0n) is 15.9. The number of aromatic nitrogens is 6. The highest BCUT2D eigenvalue weighted by Crippen LogP contribution is 2.24. The van der Waals surface area contributed by atoms with Crippen molar-refractivity contribution in [3.63, 3.8) is 0 Å². The third-order valence-corrected chi connectivity index (χ3v) is 4.76. The Hall–Kier alpha value is -3.90. The van der Waals surface area contributed by atoms with Crippen LogP contribution < -0.4 is 5.32 Å². The quantitative estimate of drug-likeness (QED) is 0.441. The summed E-state index contributed by atoms with van der Waals surface area (Å²) < 4.78 is 1.74. The SMILES string of the molecule is CC(Cn1ccc(-c2ccc(C#N)c(Cl)c2)n1)NC(=O)c1cc(-c2c[nH]cn2)n[nH]1. The monoisotopic (exact) mass is 420 g/mol. The van der Waals surface area contributed by atoms with Crippen molar-refractivity contribution in [2.45, 2.75) is 19.5 Å². The summed E-state index contributed by atoms with van der Waals surface area (Å²) in [5.74, 6) is -0.261. The van der Waals surface area contributed by atoms with E-state index in [2.05, 4.69) is 30.6 Å². The van der Waals surface area contributed by atoms with Gasteiger partial charge in [0.15, 0.2) is 0 Å². The van der Waals surface area contributed by atoms with Gasteiger partial charge in [0.1, 0.15) is 23.2 Å². The molecule has 0 saturated carbocycles. The zero-order chi connectivity index (χ0) is 21.1. The molecule has 4 aromatic rings. The fourth-order valence-corrected chi connectivity index (χ4v) is 3.20. The van der Waals surface area contributed by atoms with E-state index in [0.717, 1.165) is 11.3 Å². The minimum absolute atomic E-state index is 0.174. The lowest BCUT2D eigenvalue weighted by Crippen LogP contribution is -2.36. The number of nitrogens with zero attached hydrogens (tertiary/aromatic N) is 5. The summed E-state index contributed by atoms with van der Waals surface area (Å²) in [6, 6.07) is 10.6. The zero-order valence-corrected chi connectivity index (χ0v) is 16.7. The maximum atomic E-state index is 12.5. The van der Waals surface area contributed by atoms with E-state index in [1.807, 2.05) is 25.3 Å². The molecule has 10 heteroatoms. The van der Waals surface area contributed by atoms with Gasteiger partial charge in [-0.25, -0.2) is 4.98 Å². The topological polar surface area (TPSA) is 128 Å². The first-order valence-electron chi connectivity index (χ1n) is 9.12. The standard InChI is InChI=1S/C20H17ClN8O/c1-12(25-20(30)18-7-17(26-27-18)19-9-23-11-24-19)10-29-5-4-16(28-29)13-2-3-14(8-22)15(21)6-13/h2-7,9,11-12H,10H2,1H3,(H,23,24)(H,25,30)(H,26,27). The molecule has 1 amide bonds. The fraction of sp³-hybridized carbons (Fsp3) is 0.150. The number of amides is 1. The number of carbonyl (C=O) groups is 1. The second kappa shape index (κ2) is 8.23. The molecule has 3 heterocycles. The van der Waals surface area contributed by atoms with Crippen LogP contribution in [0.4, 0.5) is 0 Å². The molecule has 150 valence electrons. The van der Waals surface area contributed by atoms with Crippen LogP contribution in [0.25, 0.3) is 22.6 Å². The molecule has 1 aromatic carbocycles. The van der Waals surface area contributed by atoms with Gasteiger partial charge in [-0.1, -0.05) is 17.7 Å². The van der Waals surface area contributed by atoms with E-state index >= 15 is 0 Å². The van der Waals surface area contributed by atoms with Crippen molar-refractivity contribution in [3.8, 4) is 28.7 Å². The van der Waals surface area contributed by atoms with Gasteiger partial charge in [0.25, 0.3) is 5.91 Å². The highest BCUT2D eigenvalue weighted by molar-refractivity contribution is 6.32. The van der Waals surface area contributed by atoms with Gasteiger partial charge in [0.05, 0.1) is 29.2 Å². The molecule has 0 fully saturated rings. The van der Waals surface area contributed by atoms with Gasteiger partial charge >= 0.3 is 0 Å². The molecule has 0 aliphatic rings. The van der Waals surface area contributed by atoms with Gasteiger partial charge in [-0.15, -0.1) is 0 Å². The number of benzene rings is 1. The third-order valence-electron chi connectivity index (χ3n) is 4.45. The van der Waals surface area contributed by atoms with Crippen LogP contribution in [0.15, 0.2) is 49.1 Å². The van der Waals surface area contributed by atoms with Crippen LogP contribution in [0.1, 0.15) is 23.0 Å². The minimum atomic E-state index is -0.261. The summed E-state index contributed by atoms with van der Waals surface area (Å²) in [7, 11) is 0. The molecule has 9 nitrogen and oxygen atoms in total. The lowest BCUT2D eigenvalue weighted by atomic mass is 10.1. The fourth-order valence-electron chi connectivity index (χ4n) is 2.98. The maximum absolute atomic E-state index is 12.5. The molecule has 0 aliphatic heterocycles. The van der Waals surface area contributed by atoms with E-state index < -0.39 is 0 Å². The van der Waals surface area contributed by atoms with Crippen LogP contribution >= 0.6 is 11.6 Å². The van der Waals surface area contributed by atoms with E-state index in [0.29, 0.717) is 34.2 Å². The number of hydrogen-bond donors (Lipinski definition) is 3. The number of rotatable bonds is 6. The molecule has 0 spiro atoms. The number of nitrogens with one attached hydrogen (secondary N) is 3. The molecule has 1 atom stereocenters. The van der Waals surface area contributed by atoms with Crippen molar-refractivity contribution in [2.24, 2.45) is 0 Å². The van der Waals surface area contributed by atoms with Crippen molar-refractivity contribution in [3.05, 3.63) is 65.3 Å². The molecule has 3 N–H and O–H groups in total. The first kappa shape index (κ1) is 19.4. The van der Waals surface area contributed by atoms with Gasteiger partial charge in [-0.05, 0) is 31.2 Å². The van der Waals surface area contributed by atoms with Gasteiger partial charge in [0.2, 0.25) is 0 Å². The molecule has 1 unspecified atom stereocenters. The predicted molar refractivity (Wildman–Crippen MR) is 110 cm³/mol.